The quantitative estimate of drug-likeness (QED) is 0.613. The van der Waals surface area contributed by atoms with Crippen LogP contribution < -0.4 is 0 Å². The van der Waals surface area contributed by atoms with Crippen molar-refractivity contribution in [2.45, 2.75) is 52.9 Å². The molecule has 0 saturated heterocycles. The molecule has 0 rings (SSSR count). The maximum Gasteiger partial charge on any atom is 0.403 e. The molecular formula is C11H18F6. The summed E-state index contributed by atoms with van der Waals surface area (Å²) in [7, 11) is 0. The fourth-order valence-corrected chi connectivity index (χ4v) is 2.41. The third-order valence-corrected chi connectivity index (χ3v) is 3.72. The van der Waals surface area contributed by atoms with Crippen LogP contribution in [0.1, 0.15) is 40.5 Å². The summed E-state index contributed by atoms with van der Waals surface area (Å²) in [4.78, 5) is 0. The number of hydrogen-bond acceptors (Lipinski definition) is 0. The SMILES string of the molecule is CCC(C)C(C(C)CC)(C(F)(F)F)C(F)(F)F. The van der Waals surface area contributed by atoms with E-state index in [0.717, 1.165) is 13.8 Å². The summed E-state index contributed by atoms with van der Waals surface area (Å²) in [5.41, 5.74) is -3.61. The largest absolute Gasteiger partial charge is 0.403 e. The maximum atomic E-state index is 13.0. The molecule has 0 heterocycles. The van der Waals surface area contributed by atoms with Crippen LogP contribution in [0.25, 0.3) is 0 Å². The summed E-state index contributed by atoms with van der Waals surface area (Å²) in [5.74, 6) is -2.98. The van der Waals surface area contributed by atoms with Gasteiger partial charge in [-0.05, 0) is 11.8 Å². The molecule has 0 aliphatic rings. The Morgan fingerprint density at radius 2 is 0.941 bits per heavy atom. The molecule has 0 nitrogen and oxygen atoms in total. The smallest absolute Gasteiger partial charge is 0.170 e. The van der Waals surface area contributed by atoms with Gasteiger partial charge in [-0.1, -0.05) is 40.5 Å². The maximum absolute atomic E-state index is 13.0. The van der Waals surface area contributed by atoms with Gasteiger partial charge in [-0.3, -0.25) is 0 Å². The first-order valence-corrected chi connectivity index (χ1v) is 5.60. The van der Waals surface area contributed by atoms with Crippen molar-refractivity contribution in [2.24, 2.45) is 17.3 Å². The van der Waals surface area contributed by atoms with Gasteiger partial charge in [0.05, 0.1) is 0 Å². The molecule has 0 aromatic rings. The minimum absolute atomic E-state index is 0.163. The van der Waals surface area contributed by atoms with Crippen molar-refractivity contribution in [3.8, 4) is 0 Å². The van der Waals surface area contributed by atoms with Crippen molar-refractivity contribution >= 4 is 0 Å². The Kier molecular flexibility index (Phi) is 4.94. The summed E-state index contributed by atoms with van der Waals surface area (Å²) in [6.45, 7) is 4.73. The molecule has 17 heavy (non-hydrogen) atoms. The molecule has 2 unspecified atom stereocenters. The third-order valence-electron chi connectivity index (χ3n) is 3.72. The van der Waals surface area contributed by atoms with E-state index in [1.165, 1.54) is 13.8 Å². The predicted molar refractivity (Wildman–Crippen MR) is 53.5 cm³/mol. The summed E-state index contributed by atoms with van der Waals surface area (Å²) in [6, 6.07) is 0. The molecule has 0 fully saturated rings. The molecule has 104 valence electrons. The number of alkyl halides is 6. The van der Waals surface area contributed by atoms with E-state index in [1.807, 2.05) is 0 Å². The second-order valence-electron chi connectivity index (χ2n) is 4.48. The van der Waals surface area contributed by atoms with Crippen molar-refractivity contribution in [3.63, 3.8) is 0 Å². The highest BCUT2D eigenvalue weighted by Gasteiger charge is 2.74. The van der Waals surface area contributed by atoms with E-state index in [1.54, 1.807) is 0 Å². The average Bonchev–Trinajstić information content (AvgIpc) is 2.13. The van der Waals surface area contributed by atoms with E-state index in [4.69, 9.17) is 0 Å². The fourth-order valence-electron chi connectivity index (χ4n) is 2.41. The Bertz CT molecular complexity index is 213. The topological polar surface area (TPSA) is 0 Å². The molecule has 0 spiro atoms. The van der Waals surface area contributed by atoms with Crippen molar-refractivity contribution in [3.05, 3.63) is 0 Å². The second kappa shape index (κ2) is 5.06. The van der Waals surface area contributed by atoms with Gasteiger partial charge in [-0.2, -0.15) is 26.3 Å². The van der Waals surface area contributed by atoms with E-state index in [9.17, 15) is 26.3 Å². The molecule has 0 aliphatic carbocycles. The predicted octanol–water partition coefficient (Wildman–Crippen LogP) is 5.19. The Hall–Kier alpha value is -0.420. The van der Waals surface area contributed by atoms with Crippen LogP contribution in [-0.2, 0) is 0 Å². The van der Waals surface area contributed by atoms with Crippen LogP contribution >= 0.6 is 0 Å². The van der Waals surface area contributed by atoms with Gasteiger partial charge >= 0.3 is 12.4 Å². The first kappa shape index (κ1) is 16.6. The number of halogens is 6. The van der Waals surface area contributed by atoms with E-state index in [0.29, 0.717) is 0 Å². The van der Waals surface area contributed by atoms with Gasteiger partial charge in [0.25, 0.3) is 0 Å². The lowest BCUT2D eigenvalue weighted by molar-refractivity contribution is -0.374. The Morgan fingerprint density at radius 3 is 1.06 bits per heavy atom. The van der Waals surface area contributed by atoms with E-state index in [-0.39, 0.29) is 12.8 Å². The Balaban J connectivity index is 5.91. The minimum atomic E-state index is -5.28. The Morgan fingerprint density at radius 1 is 0.706 bits per heavy atom. The second-order valence-corrected chi connectivity index (χ2v) is 4.48. The molecule has 2 atom stereocenters. The molecule has 0 bridgehead atoms. The lowest BCUT2D eigenvalue weighted by Crippen LogP contribution is -2.58. The van der Waals surface area contributed by atoms with Gasteiger partial charge in [0, 0.05) is 0 Å². The Labute approximate surface area is 97.4 Å². The first-order valence-electron chi connectivity index (χ1n) is 5.60. The number of hydrogen-bond donors (Lipinski definition) is 0. The zero-order valence-corrected chi connectivity index (χ0v) is 10.3. The standard InChI is InChI=1S/C11H18F6/c1-5-7(3)9(8(4)6-2,10(12,13)14)11(15,16)17/h7-8H,5-6H2,1-4H3. The van der Waals surface area contributed by atoms with Gasteiger partial charge in [-0.15, -0.1) is 0 Å². The van der Waals surface area contributed by atoms with Crippen LogP contribution in [0.5, 0.6) is 0 Å². The van der Waals surface area contributed by atoms with Gasteiger partial charge in [0.2, 0.25) is 0 Å². The zero-order chi connectivity index (χ0) is 14.1. The normalized spacial score (nSPS) is 18.0. The van der Waals surface area contributed by atoms with Gasteiger partial charge < -0.3 is 0 Å². The highest BCUT2D eigenvalue weighted by molar-refractivity contribution is 4.99. The average molecular weight is 264 g/mol. The van der Waals surface area contributed by atoms with Crippen molar-refractivity contribution in [1.29, 1.82) is 0 Å². The monoisotopic (exact) mass is 264 g/mol. The molecule has 0 aromatic carbocycles. The molecule has 6 heteroatoms. The van der Waals surface area contributed by atoms with Gasteiger partial charge in [0.15, 0.2) is 5.41 Å². The molecule has 0 aromatic heterocycles. The summed E-state index contributed by atoms with van der Waals surface area (Å²) >= 11 is 0. The highest BCUT2D eigenvalue weighted by Crippen LogP contribution is 2.60. The van der Waals surface area contributed by atoms with Crippen LogP contribution in [0.15, 0.2) is 0 Å². The molecule has 0 aliphatic heterocycles. The zero-order valence-electron chi connectivity index (χ0n) is 10.3. The van der Waals surface area contributed by atoms with E-state index < -0.39 is 29.6 Å². The van der Waals surface area contributed by atoms with E-state index in [2.05, 4.69) is 0 Å². The van der Waals surface area contributed by atoms with E-state index >= 15 is 0 Å². The van der Waals surface area contributed by atoms with Crippen molar-refractivity contribution in [1.82, 2.24) is 0 Å². The molecule has 0 amide bonds. The van der Waals surface area contributed by atoms with Crippen LogP contribution in [-0.4, -0.2) is 12.4 Å². The lowest BCUT2D eigenvalue weighted by Gasteiger charge is -2.45. The van der Waals surface area contributed by atoms with Crippen molar-refractivity contribution in [2.75, 3.05) is 0 Å². The molecular weight excluding hydrogens is 246 g/mol. The summed E-state index contributed by atoms with van der Waals surface area (Å²) in [6.07, 6.45) is -10.9. The summed E-state index contributed by atoms with van der Waals surface area (Å²) in [5, 5.41) is 0. The summed E-state index contributed by atoms with van der Waals surface area (Å²) < 4.78 is 78.2. The molecule has 0 N–H and O–H groups in total. The highest BCUT2D eigenvalue weighted by atomic mass is 19.4. The van der Waals surface area contributed by atoms with Gasteiger partial charge in [-0.25, -0.2) is 0 Å². The molecule has 0 saturated carbocycles. The van der Waals surface area contributed by atoms with Crippen LogP contribution in [0.3, 0.4) is 0 Å². The van der Waals surface area contributed by atoms with Crippen molar-refractivity contribution < 1.29 is 26.3 Å². The third kappa shape index (κ3) is 2.55. The number of rotatable bonds is 4. The molecule has 0 radical (unpaired) electrons. The van der Waals surface area contributed by atoms with Crippen LogP contribution in [0.4, 0.5) is 26.3 Å². The van der Waals surface area contributed by atoms with Gasteiger partial charge in [0.1, 0.15) is 0 Å². The fraction of sp³-hybridized carbons (Fsp3) is 1.00. The van der Waals surface area contributed by atoms with Crippen LogP contribution in [0, 0.1) is 17.3 Å². The van der Waals surface area contributed by atoms with Crippen LogP contribution in [0.2, 0.25) is 0 Å². The lowest BCUT2D eigenvalue weighted by atomic mass is 9.64. The minimum Gasteiger partial charge on any atom is -0.170 e. The first-order chi connectivity index (χ1) is 7.46.